The van der Waals surface area contributed by atoms with Crippen LogP contribution in [0.2, 0.25) is 0 Å². The van der Waals surface area contributed by atoms with Gasteiger partial charge in [0.2, 0.25) is 0 Å². The van der Waals surface area contributed by atoms with Gasteiger partial charge in [0.05, 0.1) is 5.41 Å². The molecule has 0 heteroatoms. The summed E-state index contributed by atoms with van der Waals surface area (Å²) < 4.78 is 0. The average molecular weight is 951 g/mol. The second-order valence-electron chi connectivity index (χ2n) is 19.9. The lowest BCUT2D eigenvalue weighted by Crippen LogP contribution is -2.28. The molecule has 0 saturated carbocycles. The molecular weight excluding hydrogens is 901 g/mol. The van der Waals surface area contributed by atoms with Crippen LogP contribution in [0.15, 0.2) is 303 Å². The van der Waals surface area contributed by atoms with E-state index in [1.807, 2.05) is 0 Å². The zero-order valence-corrected chi connectivity index (χ0v) is 41.4. The van der Waals surface area contributed by atoms with Crippen LogP contribution in [-0.2, 0) is 5.41 Å². The maximum atomic E-state index is 2.53. The molecule has 13 aromatic rings. The highest BCUT2D eigenvalue weighted by Gasteiger charge is 2.46. The summed E-state index contributed by atoms with van der Waals surface area (Å²) in [6, 6.07) is 112. The van der Waals surface area contributed by atoms with Crippen molar-refractivity contribution >= 4 is 21.5 Å². The third-order valence-corrected chi connectivity index (χ3v) is 15.8. The van der Waals surface area contributed by atoms with E-state index in [1.54, 1.807) is 0 Å². The lowest BCUT2D eigenvalue weighted by atomic mass is 9.67. The molecule has 13 aromatic carbocycles. The molecular formula is C75H50. The maximum Gasteiger partial charge on any atom is 0.0713 e. The number of rotatable bonds is 9. The van der Waals surface area contributed by atoms with Crippen molar-refractivity contribution in [1.82, 2.24) is 0 Å². The Bertz CT molecular complexity index is 4010. The highest BCUT2D eigenvalue weighted by Crippen LogP contribution is 2.58. The first-order chi connectivity index (χ1) is 37.2. The summed E-state index contributed by atoms with van der Waals surface area (Å²) in [6.07, 6.45) is 0. The van der Waals surface area contributed by atoms with Gasteiger partial charge in [0, 0.05) is 0 Å². The van der Waals surface area contributed by atoms with Crippen LogP contribution in [0.3, 0.4) is 0 Å². The SMILES string of the molecule is c1ccc(-c2ccc(C3(c4ccc(-c5ccccc5)cc4)c4ccccc4-c4ccc(-c5c6ccccc6c(-c6ccc(-c7cc(-c8ccccc8)cc(-c8ccccc8)c7)cc6)c6ccccc56)cc43)cc2)cc1. The largest absolute Gasteiger partial charge is 0.0713 e. The molecule has 0 amide bonds. The number of fused-ring (bicyclic) bond motifs is 5. The summed E-state index contributed by atoms with van der Waals surface area (Å²) in [7, 11) is 0. The molecule has 0 aromatic heterocycles. The van der Waals surface area contributed by atoms with E-state index in [9.17, 15) is 0 Å². The van der Waals surface area contributed by atoms with E-state index in [0.717, 1.165) is 0 Å². The fraction of sp³-hybridized carbons (Fsp3) is 0.0133. The van der Waals surface area contributed by atoms with Crippen molar-refractivity contribution in [2.75, 3.05) is 0 Å². The van der Waals surface area contributed by atoms with E-state index >= 15 is 0 Å². The quantitative estimate of drug-likeness (QED) is 0.127. The van der Waals surface area contributed by atoms with Crippen molar-refractivity contribution in [3.05, 3.63) is 326 Å². The molecule has 0 N–H and O–H groups in total. The van der Waals surface area contributed by atoms with Crippen LogP contribution in [0.1, 0.15) is 22.3 Å². The van der Waals surface area contributed by atoms with Gasteiger partial charge in [-0.05, 0) is 157 Å². The molecule has 14 rings (SSSR count). The highest BCUT2D eigenvalue weighted by atomic mass is 14.5. The van der Waals surface area contributed by atoms with Crippen LogP contribution in [0.25, 0.3) is 111 Å². The summed E-state index contributed by atoms with van der Waals surface area (Å²) in [5.74, 6) is 0. The predicted molar refractivity (Wildman–Crippen MR) is 317 cm³/mol. The standard InChI is InChI=1S/C75H50/c1-5-19-51(20-6-1)55-37-42-63(43-38-55)75(64-44-39-56(40-45-64)52-21-7-2-8-22-52)71-32-18-17-27-65(71)66-46-41-59(50-72(66)75)74-69-30-15-13-28-67(69)73(68-29-14-16-31-70(68)74)58-35-33-57(34-36-58)62-48-60(53-23-9-3-10-24-53)47-61(49-62)54-25-11-4-12-26-54/h1-50H. The van der Waals surface area contributed by atoms with Crippen LogP contribution in [0.5, 0.6) is 0 Å². The molecule has 0 atom stereocenters. The number of hydrogen-bond donors (Lipinski definition) is 0. The van der Waals surface area contributed by atoms with Gasteiger partial charge >= 0.3 is 0 Å². The third-order valence-electron chi connectivity index (χ3n) is 15.8. The van der Waals surface area contributed by atoms with Crippen LogP contribution in [0, 0.1) is 0 Å². The van der Waals surface area contributed by atoms with Crippen molar-refractivity contribution in [1.29, 1.82) is 0 Å². The molecule has 0 radical (unpaired) electrons. The summed E-state index contributed by atoms with van der Waals surface area (Å²) in [5.41, 5.74) is 24.0. The minimum atomic E-state index is -0.595. The molecule has 0 unspecified atom stereocenters. The number of benzene rings is 13. The van der Waals surface area contributed by atoms with Crippen molar-refractivity contribution in [2.24, 2.45) is 0 Å². The van der Waals surface area contributed by atoms with Crippen LogP contribution in [-0.4, -0.2) is 0 Å². The normalized spacial score (nSPS) is 12.4. The van der Waals surface area contributed by atoms with Gasteiger partial charge in [-0.3, -0.25) is 0 Å². The minimum absolute atomic E-state index is 0.595. The monoisotopic (exact) mass is 950 g/mol. The third kappa shape index (κ3) is 7.53. The molecule has 0 heterocycles. The zero-order valence-electron chi connectivity index (χ0n) is 41.4. The average Bonchev–Trinajstić information content (AvgIpc) is 3.80. The highest BCUT2D eigenvalue weighted by molar-refractivity contribution is 6.21. The smallest absolute Gasteiger partial charge is 0.0622 e. The molecule has 0 fully saturated rings. The van der Waals surface area contributed by atoms with Crippen LogP contribution >= 0.6 is 0 Å². The second kappa shape index (κ2) is 18.5. The Kier molecular flexibility index (Phi) is 10.9. The Hall–Kier alpha value is -9.62. The molecule has 0 spiro atoms. The molecule has 1 aliphatic carbocycles. The Labute approximate surface area is 439 Å². The van der Waals surface area contributed by atoms with E-state index < -0.39 is 5.41 Å². The van der Waals surface area contributed by atoms with Gasteiger partial charge in [0.25, 0.3) is 0 Å². The predicted octanol–water partition coefficient (Wildman–Crippen LogP) is 20.0. The van der Waals surface area contributed by atoms with Gasteiger partial charge in [-0.15, -0.1) is 0 Å². The van der Waals surface area contributed by atoms with E-state index in [4.69, 9.17) is 0 Å². The van der Waals surface area contributed by atoms with Crippen LogP contribution < -0.4 is 0 Å². The van der Waals surface area contributed by atoms with Gasteiger partial charge in [0.15, 0.2) is 0 Å². The lowest BCUT2D eigenvalue weighted by molar-refractivity contribution is 0.769. The Morgan fingerprint density at radius 3 is 0.907 bits per heavy atom. The first-order valence-corrected chi connectivity index (χ1v) is 26.1. The first kappa shape index (κ1) is 44.1. The topological polar surface area (TPSA) is 0 Å². The van der Waals surface area contributed by atoms with Crippen molar-refractivity contribution < 1.29 is 0 Å². The zero-order chi connectivity index (χ0) is 49.7. The van der Waals surface area contributed by atoms with E-state index in [2.05, 4.69) is 303 Å². The maximum absolute atomic E-state index is 2.53. The Balaban J connectivity index is 0.940. The van der Waals surface area contributed by atoms with Gasteiger partial charge in [-0.2, -0.15) is 0 Å². The molecule has 0 saturated heterocycles. The fourth-order valence-corrected chi connectivity index (χ4v) is 12.3. The van der Waals surface area contributed by atoms with E-state index in [-0.39, 0.29) is 0 Å². The molecule has 1 aliphatic rings. The number of hydrogen-bond acceptors (Lipinski definition) is 0. The van der Waals surface area contributed by atoms with Gasteiger partial charge < -0.3 is 0 Å². The molecule has 0 aliphatic heterocycles. The Morgan fingerprint density at radius 2 is 0.467 bits per heavy atom. The van der Waals surface area contributed by atoms with E-state index in [1.165, 1.54) is 133 Å². The van der Waals surface area contributed by atoms with E-state index in [0.29, 0.717) is 0 Å². The summed E-state index contributed by atoms with van der Waals surface area (Å²) in [4.78, 5) is 0. The van der Waals surface area contributed by atoms with Gasteiger partial charge in [-0.25, -0.2) is 0 Å². The molecule has 0 nitrogen and oxygen atoms in total. The van der Waals surface area contributed by atoms with Crippen molar-refractivity contribution in [2.45, 2.75) is 5.41 Å². The van der Waals surface area contributed by atoms with Crippen molar-refractivity contribution in [3.8, 4) is 89.0 Å². The molecule has 350 valence electrons. The van der Waals surface area contributed by atoms with Crippen LogP contribution in [0.4, 0.5) is 0 Å². The Morgan fingerprint density at radius 1 is 0.173 bits per heavy atom. The lowest BCUT2D eigenvalue weighted by Gasteiger charge is -2.34. The summed E-state index contributed by atoms with van der Waals surface area (Å²) in [5, 5.41) is 4.94. The summed E-state index contributed by atoms with van der Waals surface area (Å²) >= 11 is 0. The van der Waals surface area contributed by atoms with Gasteiger partial charge in [-0.1, -0.05) is 279 Å². The summed E-state index contributed by atoms with van der Waals surface area (Å²) in [6.45, 7) is 0. The molecule has 0 bridgehead atoms. The molecule has 75 heavy (non-hydrogen) atoms. The van der Waals surface area contributed by atoms with Crippen molar-refractivity contribution in [3.63, 3.8) is 0 Å². The fourth-order valence-electron chi connectivity index (χ4n) is 12.3. The van der Waals surface area contributed by atoms with Gasteiger partial charge in [0.1, 0.15) is 0 Å². The first-order valence-electron chi connectivity index (χ1n) is 26.1. The second-order valence-corrected chi connectivity index (χ2v) is 19.9. The minimum Gasteiger partial charge on any atom is -0.0622 e.